The molecular formula is C24H20F3N5O3. The molecule has 0 amide bonds. The van der Waals surface area contributed by atoms with Crippen molar-refractivity contribution < 1.29 is 28.2 Å². The van der Waals surface area contributed by atoms with Crippen LogP contribution in [0.1, 0.15) is 39.7 Å². The number of aromatic carboxylic acids is 1. The highest BCUT2D eigenvalue weighted by molar-refractivity contribution is 5.87. The molecule has 4 rings (SSSR count). The molecule has 0 radical (unpaired) electrons. The summed E-state index contributed by atoms with van der Waals surface area (Å²) in [5.41, 5.74) is 0.364. The van der Waals surface area contributed by atoms with E-state index >= 15 is 0 Å². The highest BCUT2D eigenvalue weighted by atomic mass is 19.4. The summed E-state index contributed by atoms with van der Waals surface area (Å²) in [5, 5.41) is 27.3. The minimum absolute atomic E-state index is 0.102. The number of hydrogen-bond donors (Lipinski definition) is 3. The van der Waals surface area contributed by atoms with Gasteiger partial charge in [0.05, 0.1) is 17.4 Å². The Hall–Kier alpha value is -4.25. The lowest BCUT2D eigenvalue weighted by molar-refractivity contribution is -0.141. The zero-order valence-corrected chi connectivity index (χ0v) is 18.6. The highest BCUT2D eigenvalue weighted by Gasteiger charge is 2.33. The summed E-state index contributed by atoms with van der Waals surface area (Å²) in [6.07, 6.45) is -0.464. The van der Waals surface area contributed by atoms with Crippen molar-refractivity contribution in [3.8, 4) is 5.69 Å². The van der Waals surface area contributed by atoms with Gasteiger partial charge in [0.15, 0.2) is 0 Å². The highest BCUT2D eigenvalue weighted by Crippen LogP contribution is 2.31. The average molecular weight is 483 g/mol. The number of aliphatic hydroxyl groups is 1. The summed E-state index contributed by atoms with van der Waals surface area (Å²) in [7, 11) is 0. The van der Waals surface area contributed by atoms with Crippen molar-refractivity contribution in [3.63, 3.8) is 0 Å². The molecule has 4 aromatic rings. The molecule has 2 aromatic carbocycles. The molecule has 0 aliphatic carbocycles. The van der Waals surface area contributed by atoms with Crippen molar-refractivity contribution in [1.82, 2.24) is 19.7 Å². The SMILES string of the molecule is Cc1cc(Nc2nccc(C(F)(F)F)n2)cc(-n2cc([C@](C)(O)c3ccc(C(=O)O)cc3)cn2)c1. The van der Waals surface area contributed by atoms with E-state index in [2.05, 4.69) is 20.4 Å². The lowest BCUT2D eigenvalue weighted by Crippen LogP contribution is -2.22. The first-order valence-corrected chi connectivity index (χ1v) is 10.3. The van der Waals surface area contributed by atoms with Gasteiger partial charge in [0.1, 0.15) is 11.3 Å². The van der Waals surface area contributed by atoms with Crippen molar-refractivity contribution in [3.05, 3.63) is 95.1 Å². The summed E-state index contributed by atoms with van der Waals surface area (Å²) in [5.74, 6) is -1.27. The van der Waals surface area contributed by atoms with Gasteiger partial charge in [0.25, 0.3) is 0 Å². The van der Waals surface area contributed by atoms with Gasteiger partial charge in [-0.15, -0.1) is 0 Å². The minimum atomic E-state index is -4.59. The third kappa shape index (κ3) is 5.14. The molecule has 8 nitrogen and oxygen atoms in total. The number of rotatable bonds is 6. The Kier molecular flexibility index (Phi) is 6.03. The van der Waals surface area contributed by atoms with E-state index in [1.54, 1.807) is 25.3 Å². The largest absolute Gasteiger partial charge is 0.478 e. The van der Waals surface area contributed by atoms with Gasteiger partial charge >= 0.3 is 12.1 Å². The topological polar surface area (TPSA) is 113 Å². The van der Waals surface area contributed by atoms with Gasteiger partial charge in [-0.25, -0.2) is 19.4 Å². The van der Waals surface area contributed by atoms with Crippen molar-refractivity contribution in [2.24, 2.45) is 0 Å². The molecule has 0 unspecified atom stereocenters. The first kappa shape index (κ1) is 23.9. The predicted molar refractivity (Wildman–Crippen MR) is 121 cm³/mol. The molecule has 180 valence electrons. The molecular weight excluding hydrogens is 463 g/mol. The number of halogens is 3. The minimum Gasteiger partial charge on any atom is -0.478 e. The van der Waals surface area contributed by atoms with Crippen LogP contribution < -0.4 is 5.32 Å². The molecule has 2 aromatic heterocycles. The van der Waals surface area contributed by atoms with E-state index in [0.717, 1.165) is 17.8 Å². The molecule has 0 saturated carbocycles. The fraction of sp³-hybridized carbons (Fsp3) is 0.167. The van der Waals surface area contributed by atoms with Crippen LogP contribution in [0.4, 0.5) is 24.8 Å². The van der Waals surface area contributed by atoms with E-state index in [9.17, 15) is 23.1 Å². The Morgan fingerprint density at radius 2 is 1.77 bits per heavy atom. The Morgan fingerprint density at radius 3 is 2.43 bits per heavy atom. The van der Waals surface area contributed by atoms with Gasteiger partial charge in [-0.3, -0.25) is 0 Å². The van der Waals surface area contributed by atoms with Gasteiger partial charge in [0.2, 0.25) is 5.95 Å². The molecule has 3 N–H and O–H groups in total. The van der Waals surface area contributed by atoms with Crippen molar-refractivity contribution in [1.29, 1.82) is 0 Å². The summed E-state index contributed by atoms with van der Waals surface area (Å²) in [6, 6.07) is 11.9. The number of hydrogen-bond acceptors (Lipinski definition) is 6. The Labute approximate surface area is 197 Å². The van der Waals surface area contributed by atoms with Crippen molar-refractivity contribution >= 4 is 17.6 Å². The van der Waals surface area contributed by atoms with Crippen molar-refractivity contribution in [2.75, 3.05) is 5.32 Å². The molecule has 0 fully saturated rings. The summed E-state index contributed by atoms with van der Waals surface area (Å²) < 4.78 is 40.4. The number of alkyl halides is 3. The second-order valence-electron chi connectivity index (χ2n) is 8.07. The second kappa shape index (κ2) is 8.84. The maximum atomic E-state index is 13.0. The number of nitrogens with zero attached hydrogens (tertiary/aromatic N) is 4. The maximum Gasteiger partial charge on any atom is 0.433 e. The van der Waals surface area contributed by atoms with Crippen LogP contribution in [0.25, 0.3) is 5.69 Å². The van der Waals surface area contributed by atoms with Gasteiger partial charge < -0.3 is 15.5 Å². The molecule has 2 heterocycles. The molecule has 35 heavy (non-hydrogen) atoms. The monoisotopic (exact) mass is 483 g/mol. The van der Waals surface area contributed by atoms with Crippen LogP contribution in [0.5, 0.6) is 0 Å². The number of benzene rings is 2. The number of carboxylic acids is 1. The van der Waals surface area contributed by atoms with Crippen LogP contribution in [0.15, 0.2) is 67.1 Å². The Bertz CT molecular complexity index is 1380. The van der Waals surface area contributed by atoms with Crippen LogP contribution in [-0.4, -0.2) is 35.9 Å². The molecule has 11 heteroatoms. The molecule has 0 aliphatic rings. The third-order valence-electron chi connectivity index (χ3n) is 5.37. The molecule has 1 atom stereocenters. The number of aryl methyl sites for hydroxylation is 1. The Morgan fingerprint density at radius 1 is 1.06 bits per heavy atom. The number of carboxylic acid groups (broad SMARTS) is 1. The Balaban J connectivity index is 1.61. The fourth-order valence-electron chi connectivity index (χ4n) is 3.49. The van der Waals surface area contributed by atoms with Gasteiger partial charge in [0, 0.05) is 23.6 Å². The van der Waals surface area contributed by atoms with E-state index in [1.165, 1.54) is 35.1 Å². The summed E-state index contributed by atoms with van der Waals surface area (Å²) in [4.78, 5) is 18.5. The lowest BCUT2D eigenvalue weighted by Gasteiger charge is -2.22. The van der Waals surface area contributed by atoms with E-state index in [4.69, 9.17) is 5.11 Å². The molecule has 0 spiro atoms. The van der Waals surface area contributed by atoms with Gasteiger partial charge in [-0.05, 0) is 61.4 Å². The zero-order chi connectivity index (χ0) is 25.4. The van der Waals surface area contributed by atoms with Crippen LogP contribution in [-0.2, 0) is 11.8 Å². The molecule has 0 bridgehead atoms. The van der Waals surface area contributed by atoms with Crippen LogP contribution in [0.2, 0.25) is 0 Å². The average Bonchev–Trinajstić information content (AvgIpc) is 3.30. The van der Waals surface area contributed by atoms with Gasteiger partial charge in [-0.2, -0.15) is 18.3 Å². The standard InChI is InChI=1S/C24H20F3N5O3/c1-14-9-18(30-22-28-8-7-20(31-22)24(25,26)27)11-19(10-14)32-13-17(12-29-32)23(2,35)16-5-3-15(4-6-16)21(33)34/h3-13,35H,1-2H3,(H,33,34)(H,28,30,31)/t23-/m1/s1. The predicted octanol–water partition coefficient (Wildman–Crippen LogP) is 4.69. The van der Waals surface area contributed by atoms with Crippen LogP contribution in [0.3, 0.4) is 0 Å². The number of nitrogens with one attached hydrogen (secondary N) is 1. The number of aromatic nitrogens is 4. The molecule has 0 aliphatic heterocycles. The smallest absolute Gasteiger partial charge is 0.433 e. The third-order valence-corrected chi connectivity index (χ3v) is 5.37. The zero-order valence-electron chi connectivity index (χ0n) is 18.6. The van der Waals surface area contributed by atoms with E-state index < -0.39 is 23.4 Å². The quantitative estimate of drug-likeness (QED) is 0.365. The summed E-state index contributed by atoms with van der Waals surface area (Å²) >= 11 is 0. The first-order valence-electron chi connectivity index (χ1n) is 10.3. The van der Waals surface area contributed by atoms with Crippen LogP contribution >= 0.6 is 0 Å². The number of carbonyl (C=O) groups is 1. The fourth-order valence-corrected chi connectivity index (χ4v) is 3.49. The summed E-state index contributed by atoms with van der Waals surface area (Å²) in [6.45, 7) is 3.38. The second-order valence-corrected chi connectivity index (χ2v) is 8.07. The van der Waals surface area contributed by atoms with Gasteiger partial charge in [-0.1, -0.05) is 12.1 Å². The number of anilines is 2. The van der Waals surface area contributed by atoms with E-state index in [-0.39, 0.29) is 11.5 Å². The first-order chi connectivity index (χ1) is 16.4. The van der Waals surface area contributed by atoms with Crippen molar-refractivity contribution in [2.45, 2.75) is 25.6 Å². The maximum absolute atomic E-state index is 13.0. The van der Waals surface area contributed by atoms with E-state index in [1.807, 2.05) is 13.0 Å². The normalized spacial score (nSPS) is 13.3. The van der Waals surface area contributed by atoms with E-state index in [0.29, 0.717) is 22.5 Å². The molecule has 0 saturated heterocycles. The lowest BCUT2D eigenvalue weighted by atomic mass is 9.90. The van der Waals surface area contributed by atoms with Crippen LogP contribution in [0, 0.1) is 6.92 Å².